The van der Waals surface area contributed by atoms with Crippen molar-refractivity contribution in [1.82, 2.24) is 15.1 Å². The van der Waals surface area contributed by atoms with Gasteiger partial charge in [-0.2, -0.15) is 0 Å². The van der Waals surface area contributed by atoms with Crippen LogP contribution in [-0.4, -0.2) is 60.6 Å². The molecule has 18 heavy (non-hydrogen) atoms. The summed E-state index contributed by atoms with van der Waals surface area (Å²) in [6.45, 7) is 16.4. The molecule has 0 radical (unpaired) electrons. The van der Waals surface area contributed by atoms with Crippen LogP contribution in [0.4, 0.5) is 0 Å². The van der Waals surface area contributed by atoms with Crippen molar-refractivity contribution in [2.45, 2.75) is 65.1 Å². The summed E-state index contributed by atoms with van der Waals surface area (Å²) >= 11 is 0. The SMILES string of the molecule is CCCNC(C)CC(C)N1CCN(C)C(C)(C)C1. The van der Waals surface area contributed by atoms with Crippen LogP contribution in [-0.2, 0) is 0 Å². The Hall–Kier alpha value is -0.120. The van der Waals surface area contributed by atoms with E-state index in [0.29, 0.717) is 17.6 Å². The quantitative estimate of drug-likeness (QED) is 0.785. The molecule has 0 saturated carbocycles. The first-order chi connectivity index (χ1) is 8.36. The van der Waals surface area contributed by atoms with Gasteiger partial charge in [0.15, 0.2) is 0 Å². The maximum atomic E-state index is 3.59. The standard InChI is InChI=1S/C15H33N3/c1-7-8-16-13(2)11-14(3)18-10-9-17(6)15(4,5)12-18/h13-14,16H,7-12H2,1-6H3. The Morgan fingerprint density at radius 2 is 1.89 bits per heavy atom. The van der Waals surface area contributed by atoms with Gasteiger partial charge in [0.2, 0.25) is 0 Å². The molecule has 2 atom stereocenters. The zero-order chi connectivity index (χ0) is 13.8. The van der Waals surface area contributed by atoms with Gasteiger partial charge in [-0.15, -0.1) is 0 Å². The van der Waals surface area contributed by atoms with Crippen molar-refractivity contribution >= 4 is 0 Å². The Morgan fingerprint density at radius 1 is 1.22 bits per heavy atom. The van der Waals surface area contributed by atoms with Crippen molar-refractivity contribution in [2.24, 2.45) is 0 Å². The second kappa shape index (κ2) is 6.88. The van der Waals surface area contributed by atoms with E-state index in [2.05, 4.69) is 56.8 Å². The zero-order valence-electron chi connectivity index (χ0n) is 13.3. The molecule has 108 valence electrons. The Kier molecular flexibility index (Phi) is 6.09. The van der Waals surface area contributed by atoms with Gasteiger partial charge < -0.3 is 5.32 Å². The highest BCUT2D eigenvalue weighted by Gasteiger charge is 2.33. The summed E-state index contributed by atoms with van der Waals surface area (Å²) in [6.07, 6.45) is 2.47. The van der Waals surface area contributed by atoms with E-state index in [1.54, 1.807) is 0 Å². The molecule has 1 heterocycles. The van der Waals surface area contributed by atoms with Crippen LogP contribution in [0.1, 0.15) is 47.5 Å². The lowest BCUT2D eigenvalue weighted by Gasteiger charge is -2.47. The van der Waals surface area contributed by atoms with Gasteiger partial charge in [0.25, 0.3) is 0 Å². The van der Waals surface area contributed by atoms with Crippen molar-refractivity contribution in [3.8, 4) is 0 Å². The van der Waals surface area contributed by atoms with E-state index in [9.17, 15) is 0 Å². The average molecular weight is 255 g/mol. The van der Waals surface area contributed by atoms with Gasteiger partial charge in [0, 0.05) is 37.3 Å². The van der Waals surface area contributed by atoms with Crippen LogP contribution in [0.3, 0.4) is 0 Å². The number of hydrogen-bond acceptors (Lipinski definition) is 3. The molecule has 0 aromatic rings. The van der Waals surface area contributed by atoms with Gasteiger partial charge in [0.1, 0.15) is 0 Å². The number of likely N-dealkylation sites (N-methyl/N-ethyl adjacent to an activating group) is 1. The fourth-order valence-electron chi connectivity index (χ4n) is 2.79. The highest BCUT2D eigenvalue weighted by atomic mass is 15.3. The van der Waals surface area contributed by atoms with Gasteiger partial charge in [-0.3, -0.25) is 9.80 Å². The van der Waals surface area contributed by atoms with Crippen LogP contribution in [0.5, 0.6) is 0 Å². The van der Waals surface area contributed by atoms with Crippen molar-refractivity contribution in [3.05, 3.63) is 0 Å². The Bertz CT molecular complexity index is 240. The van der Waals surface area contributed by atoms with E-state index in [0.717, 1.165) is 6.54 Å². The maximum absolute atomic E-state index is 3.59. The van der Waals surface area contributed by atoms with Crippen LogP contribution in [0, 0.1) is 0 Å². The smallest absolute Gasteiger partial charge is 0.0277 e. The highest BCUT2D eigenvalue weighted by molar-refractivity contribution is 4.90. The molecular formula is C15H33N3. The zero-order valence-corrected chi connectivity index (χ0v) is 13.3. The number of hydrogen-bond donors (Lipinski definition) is 1. The first-order valence-corrected chi connectivity index (χ1v) is 7.55. The van der Waals surface area contributed by atoms with Crippen LogP contribution in [0.2, 0.25) is 0 Å². The van der Waals surface area contributed by atoms with E-state index in [4.69, 9.17) is 0 Å². The van der Waals surface area contributed by atoms with Gasteiger partial charge in [0.05, 0.1) is 0 Å². The van der Waals surface area contributed by atoms with Gasteiger partial charge >= 0.3 is 0 Å². The van der Waals surface area contributed by atoms with E-state index in [-0.39, 0.29) is 0 Å². The van der Waals surface area contributed by atoms with Gasteiger partial charge in [-0.25, -0.2) is 0 Å². The molecule has 1 N–H and O–H groups in total. The van der Waals surface area contributed by atoms with Crippen molar-refractivity contribution in [3.63, 3.8) is 0 Å². The van der Waals surface area contributed by atoms with Crippen LogP contribution in [0.15, 0.2) is 0 Å². The molecule has 1 fully saturated rings. The summed E-state index contributed by atoms with van der Waals surface area (Å²) in [7, 11) is 2.24. The minimum atomic E-state index is 0.312. The molecule has 0 spiro atoms. The predicted molar refractivity (Wildman–Crippen MR) is 80.1 cm³/mol. The molecule has 3 heteroatoms. The summed E-state index contributed by atoms with van der Waals surface area (Å²) in [5, 5.41) is 3.59. The molecule has 0 amide bonds. The molecule has 1 aliphatic rings. The summed E-state index contributed by atoms with van der Waals surface area (Å²) in [4.78, 5) is 5.14. The second-order valence-electron chi connectivity index (χ2n) is 6.64. The van der Waals surface area contributed by atoms with E-state index < -0.39 is 0 Å². The third-order valence-electron chi connectivity index (χ3n) is 4.41. The minimum absolute atomic E-state index is 0.312. The molecule has 1 aliphatic heterocycles. The maximum Gasteiger partial charge on any atom is 0.0277 e. The first kappa shape index (κ1) is 15.9. The third-order valence-corrected chi connectivity index (χ3v) is 4.41. The molecule has 0 aliphatic carbocycles. The topological polar surface area (TPSA) is 18.5 Å². The van der Waals surface area contributed by atoms with Crippen molar-refractivity contribution in [1.29, 1.82) is 0 Å². The average Bonchev–Trinajstić information content (AvgIpc) is 2.29. The van der Waals surface area contributed by atoms with Crippen LogP contribution in [0.25, 0.3) is 0 Å². The molecule has 0 aromatic heterocycles. The molecule has 1 saturated heterocycles. The molecule has 0 bridgehead atoms. The molecule has 3 nitrogen and oxygen atoms in total. The van der Waals surface area contributed by atoms with Gasteiger partial charge in [-0.1, -0.05) is 6.92 Å². The van der Waals surface area contributed by atoms with E-state index in [1.807, 2.05) is 0 Å². The number of rotatable bonds is 6. The number of piperazine rings is 1. The predicted octanol–water partition coefficient (Wildman–Crippen LogP) is 2.18. The molecule has 1 rings (SSSR count). The van der Waals surface area contributed by atoms with Gasteiger partial charge in [-0.05, 0) is 54.1 Å². The Balaban J connectivity index is 2.40. The van der Waals surface area contributed by atoms with E-state index in [1.165, 1.54) is 32.5 Å². The minimum Gasteiger partial charge on any atom is -0.314 e. The Labute approximate surface area is 114 Å². The number of nitrogens with one attached hydrogen (secondary N) is 1. The normalized spacial score (nSPS) is 25.0. The lowest BCUT2D eigenvalue weighted by molar-refractivity contribution is 0.0171. The lowest BCUT2D eigenvalue weighted by Crippen LogP contribution is -2.59. The fourth-order valence-corrected chi connectivity index (χ4v) is 2.79. The molecular weight excluding hydrogens is 222 g/mol. The van der Waals surface area contributed by atoms with Crippen molar-refractivity contribution < 1.29 is 0 Å². The molecule has 2 unspecified atom stereocenters. The largest absolute Gasteiger partial charge is 0.314 e. The summed E-state index contributed by atoms with van der Waals surface area (Å²) in [5.41, 5.74) is 0.312. The fraction of sp³-hybridized carbons (Fsp3) is 1.00. The highest BCUT2D eigenvalue weighted by Crippen LogP contribution is 2.21. The van der Waals surface area contributed by atoms with Crippen LogP contribution < -0.4 is 5.32 Å². The van der Waals surface area contributed by atoms with Crippen LogP contribution >= 0.6 is 0 Å². The lowest BCUT2D eigenvalue weighted by atomic mass is 9.97. The summed E-state index contributed by atoms with van der Waals surface area (Å²) < 4.78 is 0. The second-order valence-corrected chi connectivity index (χ2v) is 6.64. The third kappa shape index (κ3) is 4.52. The van der Waals surface area contributed by atoms with Crippen molar-refractivity contribution in [2.75, 3.05) is 33.2 Å². The monoisotopic (exact) mass is 255 g/mol. The first-order valence-electron chi connectivity index (χ1n) is 7.55. The summed E-state index contributed by atoms with van der Waals surface area (Å²) in [6, 6.07) is 1.31. The number of nitrogens with zero attached hydrogens (tertiary/aromatic N) is 2. The van der Waals surface area contributed by atoms with E-state index >= 15 is 0 Å². The summed E-state index contributed by atoms with van der Waals surface area (Å²) in [5.74, 6) is 0. The Morgan fingerprint density at radius 3 is 2.44 bits per heavy atom. The molecule has 0 aromatic carbocycles.